The maximum absolute atomic E-state index is 12.7. The van der Waals surface area contributed by atoms with Gasteiger partial charge in [-0.15, -0.1) is 12.4 Å². The van der Waals surface area contributed by atoms with Crippen LogP contribution in [-0.4, -0.2) is 84.4 Å². The van der Waals surface area contributed by atoms with Gasteiger partial charge in [0, 0.05) is 45.3 Å². The lowest BCUT2D eigenvalue weighted by Gasteiger charge is -2.41. The molecule has 0 spiro atoms. The number of nitrogens with zero attached hydrogens (tertiary/aromatic N) is 3. The van der Waals surface area contributed by atoms with Crippen molar-refractivity contribution >= 4 is 30.3 Å². The number of rotatable bonds is 3. The van der Waals surface area contributed by atoms with Crippen LogP contribution in [0.25, 0.3) is 0 Å². The predicted molar refractivity (Wildman–Crippen MR) is 115 cm³/mol. The zero-order chi connectivity index (χ0) is 20.2. The van der Waals surface area contributed by atoms with Gasteiger partial charge in [-0.3, -0.25) is 9.59 Å². The molecule has 4 amide bonds. The van der Waals surface area contributed by atoms with Crippen LogP contribution < -0.4 is 10.6 Å². The first-order valence-electron chi connectivity index (χ1n) is 10.5. The summed E-state index contributed by atoms with van der Waals surface area (Å²) in [6.07, 6.45) is 2.64. The smallest absolute Gasteiger partial charge is 0.318 e. The van der Waals surface area contributed by atoms with E-state index in [1.807, 2.05) is 23.1 Å². The van der Waals surface area contributed by atoms with Crippen LogP contribution >= 0.6 is 12.4 Å². The number of nitrogens with one attached hydrogen (secondary N) is 2. The lowest BCUT2D eigenvalue weighted by atomic mass is 10.0. The summed E-state index contributed by atoms with van der Waals surface area (Å²) in [4.78, 5) is 42.8. The fourth-order valence-electron chi connectivity index (χ4n) is 4.49. The van der Waals surface area contributed by atoms with E-state index in [1.54, 1.807) is 9.80 Å². The van der Waals surface area contributed by atoms with Gasteiger partial charge in [0.05, 0.1) is 13.1 Å². The van der Waals surface area contributed by atoms with Crippen molar-refractivity contribution in [2.24, 2.45) is 0 Å². The zero-order valence-electron chi connectivity index (χ0n) is 17.1. The average Bonchev–Trinajstić information content (AvgIpc) is 2.77. The van der Waals surface area contributed by atoms with Crippen LogP contribution in [0.3, 0.4) is 0 Å². The van der Waals surface area contributed by atoms with E-state index in [1.165, 1.54) is 11.1 Å². The SMILES string of the molecule is Cl.O=C(CNC(=O)N1CCc2ccccc2C1)N1CCCC(N2CCNCC2=O)C1. The van der Waals surface area contributed by atoms with E-state index in [0.717, 1.165) is 25.8 Å². The molecule has 0 aromatic heterocycles. The van der Waals surface area contributed by atoms with Crippen LogP contribution in [0.4, 0.5) is 4.79 Å². The highest BCUT2D eigenvalue weighted by molar-refractivity contribution is 5.85. The number of hydrogen-bond acceptors (Lipinski definition) is 4. The van der Waals surface area contributed by atoms with Crippen molar-refractivity contribution in [1.82, 2.24) is 25.3 Å². The highest BCUT2D eigenvalue weighted by atomic mass is 35.5. The van der Waals surface area contributed by atoms with Gasteiger partial charge >= 0.3 is 6.03 Å². The van der Waals surface area contributed by atoms with E-state index in [-0.39, 0.29) is 42.8 Å². The number of piperidine rings is 1. The summed E-state index contributed by atoms with van der Waals surface area (Å²) in [7, 11) is 0. The highest BCUT2D eigenvalue weighted by Gasteiger charge is 2.31. The molecular weight excluding hydrogens is 406 g/mol. The van der Waals surface area contributed by atoms with Crippen molar-refractivity contribution in [2.75, 3.05) is 45.8 Å². The molecule has 0 saturated carbocycles. The first-order valence-corrected chi connectivity index (χ1v) is 10.5. The van der Waals surface area contributed by atoms with E-state index in [9.17, 15) is 14.4 Å². The number of carbonyl (C=O) groups is 3. The molecule has 1 aromatic carbocycles. The second-order valence-electron chi connectivity index (χ2n) is 8.00. The Kier molecular flexibility index (Phi) is 7.55. The van der Waals surface area contributed by atoms with Gasteiger partial charge in [-0.25, -0.2) is 4.79 Å². The minimum atomic E-state index is -0.196. The minimum Gasteiger partial charge on any atom is -0.339 e. The van der Waals surface area contributed by atoms with E-state index >= 15 is 0 Å². The number of benzene rings is 1. The molecule has 0 aliphatic carbocycles. The number of amides is 4. The Morgan fingerprint density at radius 1 is 1.10 bits per heavy atom. The van der Waals surface area contributed by atoms with Crippen molar-refractivity contribution < 1.29 is 14.4 Å². The largest absolute Gasteiger partial charge is 0.339 e. The third-order valence-corrected chi connectivity index (χ3v) is 6.12. The fourth-order valence-corrected chi connectivity index (χ4v) is 4.49. The Labute approximate surface area is 183 Å². The maximum Gasteiger partial charge on any atom is 0.318 e. The van der Waals surface area contributed by atoms with Crippen LogP contribution in [0, 0.1) is 0 Å². The van der Waals surface area contributed by atoms with Gasteiger partial charge < -0.3 is 25.3 Å². The molecule has 3 aliphatic rings. The summed E-state index contributed by atoms with van der Waals surface area (Å²) in [6.45, 7) is 4.34. The molecule has 3 aliphatic heterocycles. The summed E-state index contributed by atoms with van der Waals surface area (Å²) < 4.78 is 0. The molecule has 164 valence electrons. The standard InChI is InChI=1S/C21H29N5O3.ClH/c27-19(24-9-3-6-18(15-24)26-11-8-22-12-20(26)28)13-23-21(29)25-10-7-16-4-1-2-5-17(16)14-25;/h1-2,4-5,18,22H,3,6-15H2,(H,23,29);1H. The van der Waals surface area contributed by atoms with E-state index in [2.05, 4.69) is 16.7 Å². The molecule has 3 heterocycles. The number of urea groups is 1. The third kappa shape index (κ3) is 5.05. The number of fused-ring (bicyclic) bond motifs is 1. The molecule has 2 N–H and O–H groups in total. The van der Waals surface area contributed by atoms with Gasteiger partial charge in [0.15, 0.2) is 0 Å². The Hall–Kier alpha value is -2.32. The van der Waals surface area contributed by atoms with Crippen LogP contribution in [0.2, 0.25) is 0 Å². The second kappa shape index (κ2) is 10.1. The summed E-state index contributed by atoms with van der Waals surface area (Å²) in [5.41, 5.74) is 2.45. The van der Waals surface area contributed by atoms with E-state index < -0.39 is 0 Å². The Balaban J connectivity index is 0.00000256. The van der Waals surface area contributed by atoms with Crippen molar-refractivity contribution in [2.45, 2.75) is 31.8 Å². The summed E-state index contributed by atoms with van der Waals surface area (Å²) in [6, 6.07) is 8.04. The predicted octanol–water partition coefficient (Wildman–Crippen LogP) is 0.599. The minimum absolute atomic E-state index is 0. The van der Waals surface area contributed by atoms with Gasteiger partial charge in [0.25, 0.3) is 0 Å². The van der Waals surface area contributed by atoms with Gasteiger partial charge in [0.2, 0.25) is 11.8 Å². The molecule has 1 atom stereocenters. The zero-order valence-corrected chi connectivity index (χ0v) is 18.0. The fraction of sp³-hybridized carbons (Fsp3) is 0.571. The van der Waals surface area contributed by atoms with Crippen molar-refractivity contribution in [3.63, 3.8) is 0 Å². The topological polar surface area (TPSA) is 85.0 Å². The van der Waals surface area contributed by atoms with Crippen molar-refractivity contribution in [1.29, 1.82) is 0 Å². The molecule has 4 rings (SSSR count). The molecule has 30 heavy (non-hydrogen) atoms. The van der Waals surface area contributed by atoms with Crippen molar-refractivity contribution in [3.8, 4) is 0 Å². The molecule has 0 radical (unpaired) electrons. The first kappa shape index (κ1) is 22.4. The van der Waals surface area contributed by atoms with Gasteiger partial charge in [-0.1, -0.05) is 24.3 Å². The van der Waals surface area contributed by atoms with Gasteiger partial charge in [-0.2, -0.15) is 0 Å². The number of hydrogen-bond donors (Lipinski definition) is 2. The Bertz CT molecular complexity index is 790. The molecule has 1 unspecified atom stereocenters. The summed E-state index contributed by atoms with van der Waals surface area (Å²) in [5.74, 6) is 0.0253. The van der Waals surface area contributed by atoms with E-state index in [0.29, 0.717) is 39.3 Å². The Morgan fingerprint density at radius 3 is 2.70 bits per heavy atom. The molecule has 1 aromatic rings. The number of carbonyl (C=O) groups excluding carboxylic acids is 3. The van der Waals surface area contributed by atoms with Crippen LogP contribution in [-0.2, 0) is 22.6 Å². The lowest BCUT2D eigenvalue weighted by Crippen LogP contribution is -2.58. The maximum atomic E-state index is 12.7. The Morgan fingerprint density at radius 2 is 1.90 bits per heavy atom. The van der Waals surface area contributed by atoms with Gasteiger partial charge in [-0.05, 0) is 30.4 Å². The summed E-state index contributed by atoms with van der Waals surface area (Å²) >= 11 is 0. The third-order valence-electron chi connectivity index (χ3n) is 6.12. The molecular formula is C21H30ClN5O3. The number of halogens is 1. The van der Waals surface area contributed by atoms with Crippen LogP contribution in [0.1, 0.15) is 24.0 Å². The normalized spacial score (nSPS) is 21.5. The van der Waals surface area contributed by atoms with Crippen LogP contribution in [0.5, 0.6) is 0 Å². The van der Waals surface area contributed by atoms with E-state index in [4.69, 9.17) is 0 Å². The summed E-state index contributed by atoms with van der Waals surface area (Å²) in [5, 5.41) is 5.87. The molecule has 0 bridgehead atoms. The van der Waals surface area contributed by atoms with Crippen molar-refractivity contribution in [3.05, 3.63) is 35.4 Å². The lowest BCUT2D eigenvalue weighted by molar-refractivity contribution is -0.140. The molecule has 2 fully saturated rings. The van der Waals surface area contributed by atoms with Crippen LogP contribution in [0.15, 0.2) is 24.3 Å². The van der Waals surface area contributed by atoms with Gasteiger partial charge in [0.1, 0.15) is 0 Å². The molecule has 9 heteroatoms. The average molecular weight is 436 g/mol. The first-order chi connectivity index (χ1) is 14.1. The second-order valence-corrected chi connectivity index (χ2v) is 8.00. The number of piperazine rings is 1. The highest BCUT2D eigenvalue weighted by Crippen LogP contribution is 2.19. The molecule has 8 nitrogen and oxygen atoms in total. The number of likely N-dealkylation sites (tertiary alicyclic amines) is 1. The molecule has 2 saturated heterocycles. The monoisotopic (exact) mass is 435 g/mol. The quantitative estimate of drug-likeness (QED) is 0.728.